The van der Waals surface area contributed by atoms with Crippen LogP contribution in [0.3, 0.4) is 0 Å². The van der Waals surface area contributed by atoms with Gasteiger partial charge in [-0.25, -0.2) is 9.79 Å². The van der Waals surface area contributed by atoms with Crippen LogP contribution in [0, 0.1) is 11.5 Å². The monoisotopic (exact) mass is 325 g/mol. The number of nitrogens with one attached hydrogen (secondary N) is 1. The summed E-state index contributed by atoms with van der Waals surface area (Å²) in [5, 5.41) is 11.7. The molecule has 0 atom stereocenters. The SMILES string of the molecule is COC(=O)c1cccc(-c2ccc(N=C(NC#N)SC)cc2)c1. The van der Waals surface area contributed by atoms with Crippen LogP contribution in [0.15, 0.2) is 53.5 Å². The normalized spacial score (nSPS) is 10.7. The molecular formula is C17H15N3O2S. The first-order chi connectivity index (χ1) is 11.2. The van der Waals surface area contributed by atoms with Gasteiger partial charge in [-0.1, -0.05) is 36.0 Å². The Morgan fingerprint density at radius 2 is 1.96 bits per heavy atom. The van der Waals surface area contributed by atoms with Crippen molar-refractivity contribution < 1.29 is 9.53 Å². The van der Waals surface area contributed by atoms with Gasteiger partial charge in [-0.3, -0.25) is 5.32 Å². The molecule has 0 saturated carbocycles. The first kappa shape index (κ1) is 16.6. The van der Waals surface area contributed by atoms with Crippen molar-refractivity contribution in [1.82, 2.24) is 5.32 Å². The molecule has 2 aromatic carbocycles. The van der Waals surface area contributed by atoms with Crippen molar-refractivity contribution in [1.29, 1.82) is 5.26 Å². The average Bonchev–Trinajstić information content (AvgIpc) is 2.61. The van der Waals surface area contributed by atoms with Crippen molar-refractivity contribution in [3.63, 3.8) is 0 Å². The number of nitrogens with zero attached hydrogens (tertiary/aromatic N) is 2. The summed E-state index contributed by atoms with van der Waals surface area (Å²) in [7, 11) is 1.36. The van der Waals surface area contributed by atoms with Crippen LogP contribution in [0.1, 0.15) is 10.4 Å². The van der Waals surface area contributed by atoms with Gasteiger partial charge in [0.25, 0.3) is 0 Å². The molecule has 5 nitrogen and oxygen atoms in total. The molecular weight excluding hydrogens is 310 g/mol. The molecule has 2 rings (SSSR count). The average molecular weight is 325 g/mol. The van der Waals surface area contributed by atoms with Gasteiger partial charge in [0.15, 0.2) is 11.4 Å². The first-order valence-electron chi connectivity index (χ1n) is 6.74. The van der Waals surface area contributed by atoms with Crippen molar-refractivity contribution in [2.75, 3.05) is 13.4 Å². The molecule has 116 valence electrons. The Morgan fingerprint density at radius 3 is 2.57 bits per heavy atom. The number of carbonyl (C=O) groups is 1. The van der Waals surface area contributed by atoms with E-state index in [1.165, 1.54) is 18.9 Å². The van der Waals surface area contributed by atoms with E-state index in [9.17, 15) is 4.79 Å². The fourth-order valence-corrected chi connectivity index (χ4v) is 2.31. The minimum Gasteiger partial charge on any atom is -0.465 e. The van der Waals surface area contributed by atoms with E-state index in [0.29, 0.717) is 10.7 Å². The van der Waals surface area contributed by atoms with E-state index in [1.54, 1.807) is 12.1 Å². The number of esters is 1. The van der Waals surface area contributed by atoms with Gasteiger partial charge in [0.05, 0.1) is 18.4 Å². The van der Waals surface area contributed by atoms with Crippen LogP contribution < -0.4 is 5.32 Å². The molecule has 0 aliphatic carbocycles. The fraction of sp³-hybridized carbons (Fsp3) is 0.118. The molecule has 0 fully saturated rings. The minimum absolute atomic E-state index is 0.361. The maximum Gasteiger partial charge on any atom is 0.337 e. The van der Waals surface area contributed by atoms with Gasteiger partial charge < -0.3 is 4.74 Å². The van der Waals surface area contributed by atoms with Crippen LogP contribution in [-0.4, -0.2) is 24.5 Å². The third kappa shape index (κ3) is 4.34. The molecule has 0 bridgehead atoms. The highest BCUT2D eigenvalue weighted by Gasteiger charge is 2.06. The Bertz CT molecular complexity index is 764. The van der Waals surface area contributed by atoms with Crippen molar-refractivity contribution in [2.24, 2.45) is 4.99 Å². The maximum absolute atomic E-state index is 11.6. The van der Waals surface area contributed by atoms with E-state index in [-0.39, 0.29) is 5.97 Å². The number of aliphatic imine (C=N–C) groups is 1. The lowest BCUT2D eigenvalue weighted by molar-refractivity contribution is 0.0601. The Balaban J connectivity index is 2.26. The lowest BCUT2D eigenvalue weighted by atomic mass is 10.0. The van der Waals surface area contributed by atoms with Gasteiger partial charge in [-0.15, -0.1) is 0 Å². The highest BCUT2D eigenvalue weighted by molar-refractivity contribution is 8.13. The van der Waals surface area contributed by atoms with Crippen molar-refractivity contribution in [3.8, 4) is 17.3 Å². The number of amidine groups is 1. The second kappa shape index (κ2) is 8.01. The highest BCUT2D eigenvalue weighted by Crippen LogP contribution is 2.24. The van der Waals surface area contributed by atoms with Gasteiger partial charge >= 0.3 is 5.97 Å². The van der Waals surface area contributed by atoms with Crippen LogP contribution in [0.2, 0.25) is 0 Å². The Hall–Kier alpha value is -2.78. The largest absolute Gasteiger partial charge is 0.465 e. The summed E-state index contributed by atoms with van der Waals surface area (Å²) in [6.45, 7) is 0. The number of carbonyl (C=O) groups excluding carboxylic acids is 1. The number of rotatable bonds is 3. The summed E-state index contributed by atoms with van der Waals surface area (Å²) in [6, 6.07) is 14.8. The molecule has 1 N–H and O–H groups in total. The van der Waals surface area contributed by atoms with E-state index < -0.39 is 0 Å². The predicted molar refractivity (Wildman–Crippen MR) is 92.6 cm³/mol. The summed E-state index contributed by atoms with van der Waals surface area (Å²) in [6.07, 6.45) is 3.70. The van der Waals surface area contributed by atoms with Gasteiger partial charge in [0.2, 0.25) is 0 Å². The third-order valence-corrected chi connectivity index (χ3v) is 3.65. The van der Waals surface area contributed by atoms with E-state index in [2.05, 4.69) is 10.3 Å². The van der Waals surface area contributed by atoms with E-state index in [1.807, 2.05) is 48.8 Å². The number of nitriles is 1. The summed E-state index contributed by atoms with van der Waals surface area (Å²) in [4.78, 5) is 15.9. The van der Waals surface area contributed by atoms with Crippen LogP contribution in [-0.2, 0) is 4.74 Å². The Morgan fingerprint density at radius 1 is 1.22 bits per heavy atom. The van der Waals surface area contributed by atoms with Gasteiger partial charge in [-0.05, 0) is 41.6 Å². The summed E-state index contributed by atoms with van der Waals surface area (Å²) in [5.41, 5.74) is 3.14. The fourth-order valence-electron chi connectivity index (χ4n) is 1.96. The van der Waals surface area contributed by atoms with Crippen LogP contribution >= 0.6 is 11.8 Å². The zero-order chi connectivity index (χ0) is 16.7. The molecule has 6 heteroatoms. The molecule has 0 heterocycles. The number of benzene rings is 2. The molecule has 0 aromatic heterocycles. The molecule has 0 radical (unpaired) electrons. The zero-order valence-corrected chi connectivity index (χ0v) is 13.6. The first-order valence-corrected chi connectivity index (χ1v) is 7.97. The number of methoxy groups -OCH3 is 1. The van der Waals surface area contributed by atoms with Gasteiger partial charge in [0.1, 0.15) is 0 Å². The van der Waals surface area contributed by atoms with Crippen molar-refractivity contribution in [2.45, 2.75) is 0 Å². The third-order valence-electron chi connectivity index (χ3n) is 3.07. The minimum atomic E-state index is -0.361. The van der Waals surface area contributed by atoms with Crippen LogP contribution in [0.5, 0.6) is 0 Å². The number of hydrogen-bond acceptors (Lipinski definition) is 5. The van der Waals surface area contributed by atoms with Gasteiger partial charge in [-0.2, -0.15) is 5.26 Å². The second-order valence-corrected chi connectivity index (χ2v) is 5.27. The number of ether oxygens (including phenoxy) is 1. The van der Waals surface area contributed by atoms with E-state index in [4.69, 9.17) is 10.00 Å². The number of thioether (sulfide) groups is 1. The lowest BCUT2D eigenvalue weighted by Crippen LogP contribution is -2.12. The van der Waals surface area contributed by atoms with Crippen LogP contribution in [0.25, 0.3) is 11.1 Å². The smallest absolute Gasteiger partial charge is 0.337 e. The van der Waals surface area contributed by atoms with E-state index >= 15 is 0 Å². The maximum atomic E-state index is 11.6. The molecule has 0 aliphatic rings. The molecule has 23 heavy (non-hydrogen) atoms. The lowest BCUT2D eigenvalue weighted by Gasteiger charge is -2.05. The molecule has 0 spiro atoms. The quantitative estimate of drug-likeness (QED) is 0.307. The number of hydrogen-bond donors (Lipinski definition) is 1. The van der Waals surface area contributed by atoms with E-state index in [0.717, 1.165) is 16.8 Å². The van der Waals surface area contributed by atoms with Crippen LogP contribution in [0.4, 0.5) is 5.69 Å². The Kier molecular flexibility index (Phi) is 5.78. The van der Waals surface area contributed by atoms with Gasteiger partial charge in [0, 0.05) is 0 Å². The summed E-state index contributed by atoms with van der Waals surface area (Å²) in [5.74, 6) is -0.361. The highest BCUT2D eigenvalue weighted by atomic mass is 32.2. The topological polar surface area (TPSA) is 74.5 Å². The second-order valence-electron chi connectivity index (χ2n) is 4.48. The molecule has 0 unspecified atom stereocenters. The van der Waals surface area contributed by atoms with Crippen molar-refractivity contribution in [3.05, 3.63) is 54.1 Å². The molecule has 0 amide bonds. The molecule has 0 saturated heterocycles. The summed E-state index contributed by atoms with van der Waals surface area (Å²) < 4.78 is 4.73. The van der Waals surface area contributed by atoms with Crippen molar-refractivity contribution >= 4 is 28.6 Å². The molecule has 0 aliphatic heterocycles. The predicted octanol–water partition coefficient (Wildman–Crippen LogP) is 3.56. The molecule has 2 aromatic rings. The Labute approximate surface area is 139 Å². The standard InChI is InChI=1S/C17H15N3O2S/c1-22-16(21)14-5-3-4-13(10-14)12-6-8-15(9-7-12)20-17(23-2)19-11-18/h3-10H,1-2H3,(H,19,20). The zero-order valence-electron chi connectivity index (χ0n) is 12.7. The summed E-state index contributed by atoms with van der Waals surface area (Å²) >= 11 is 1.36.